The Morgan fingerprint density at radius 3 is 2.51 bits per heavy atom. The van der Waals surface area contributed by atoms with Gasteiger partial charge in [-0.25, -0.2) is 42.1 Å². The Hall–Kier alpha value is -4.77. The van der Waals surface area contributed by atoms with E-state index >= 15 is 0 Å². The van der Waals surface area contributed by atoms with Crippen LogP contribution in [0, 0.1) is 17.5 Å². The number of carbonyl (C=O) groups is 1. The molecule has 0 saturated heterocycles. The molecule has 0 spiro atoms. The summed E-state index contributed by atoms with van der Waals surface area (Å²) in [7, 11) is 2.79. The van der Waals surface area contributed by atoms with Crippen molar-refractivity contribution in [2.45, 2.75) is 13.1 Å². The number of aromatic nitrogens is 7. The fourth-order valence-corrected chi connectivity index (χ4v) is 4.79. The zero-order chi connectivity index (χ0) is 29.4. The number of hydrogen-bond donors (Lipinski definition) is 2. The number of rotatable bonds is 7. The smallest absolute Gasteiger partial charge is 0.413 e. The third-order valence-electron chi connectivity index (χ3n) is 5.63. The number of nitrogens with one attached hydrogen (secondary N) is 2. The molecule has 41 heavy (non-hydrogen) atoms. The van der Waals surface area contributed by atoms with Gasteiger partial charge in [-0.05, 0) is 18.2 Å². The highest BCUT2D eigenvalue weighted by Gasteiger charge is 2.20. The number of thiazole rings is 1. The number of hydrogen-bond acceptors (Lipinski definition) is 10. The fraction of sp³-hybridized carbons (Fsp3) is 0.174. The van der Waals surface area contributed by atoms with Gasteiger partial charge in [0.15, 0.2) is 22.6 Å². The molecule has 0 bridgehead atoms. The predicted octanol–water partition coefficient (Wildman–Crippen LogP) is 3.23. The maximum atomic E-state index is 14.6. The van der Waals surface area contributed by atoms with Crippen molar-refractivity contribution < 1.29 is 22.7 Å². The second-order valence-electron chi connectivity index (χ2n) is 8.43. The lowest BCUT2D eigenvalue weighted by Gasteiger charge is -2.16. The number of ether oxygens (including phenoxy) is 1. The van der Waals surface area contributed by atoms with Crippen LogP contribution < -0.4 is 22.0 Å². The normalized spacial score (nSPS) is 11.2. The molecular weight excluding hydrogens is 591 g/mol. The van der Waals surface area contributed by atoms with Crippen LogP contribution >= 0.6 is 22.9 Å². The number of fused-ring (bicyclic) bond motifs is 1. The molecule has 18 heteroatoms. The van der Waals surface area contributed by atoms with E-state index in [1.807, 2.05) is 0 Å². The molecule has 0 unspecified atom stereocenters. The maximum Gasteiger partial charge on any atom is 0.413 e. The van der Waals surface area contributed by atoms with E-state index in [-0.39, 0.29) is 39.7 Å². The summed E-state index contributed by atoms with van der Waals surface area (Å²) < 4.78 is 50.1. The summed E-state index contributed by atoms with van der Waals surface area (Å²) in [6.45, 7) is -1.00. The van der Waals surface area contributed by atoms with Crippen molar-refractivity contribution in [3.05, 3.63) is 85.4 Å². The van der Waals surface area contributed by atoms with Gasteiger partial charge in [-0.15, -0.1) is 0 Å². The molecule has 0 radical (unpaired) electrons. The number of amides is 1. The highest BCUT2D eigenvalue weighted by atomic mass is 35.5. The van der Waals surface area contributed by atoms with E-state index in [0.717, 1.165) is 15.9 Å². The number of benzene rings is 2. The Kier molecular flexibility index (Phi) is 7.46. The van der Waals surface area contributed by atoms with Crippen LogP contribution in [-0.4, -0.2) is 47.1 Å². The molecule has 5 rings (SSSR count). The molecular formula is C23H17ClF3N9O4S. The summed E-state index contributed by atoms with van der Waals surface area (Å²) in [5, 5.41) is 9.57. The van der Waals surface area contributed by atoms with E-state index in [1.165, 1.54) is 30.3 Å². The van der Waals surface area contributed by atoms with Crippen LogP contribution in [0.5, 0.6) is 0 Å². The van der Waals surface area contributed by atoms with Crippen LogP contribution in [0.25, 0.3) is 10.2 Å². The molecule has 13 nitrogen and oxygen atoms in total. The van der Waals surface area contributed by atoms with Gasteiger partial charge in [-0.1, -0.05) is 22.9 Å². The zero-order valence-electron chi connectivity index (χ0n) is 21.0. The molecule has 0 atom stereocenters. The van der Waals surface area contributed by atoms with Gasteiger partial charge in [0.1, 0.15) is 12.1 Å². The van der Waals surface area contributed by atoms with E-state index < -0.39 is 41.5 Å². The lowest BCUT2D eigenvalue weighted by atomic mass is 10.2. The summed E-state index contributed by atoms with van der Waals surface area (Å²) in [5.41, 5.74) is -1.76. The molecule has 0 saturated carbocycles. The standard InChI is InChI=1S/C23H17ClF3N9O4S/c1-34-9-28-18(33-34)8-36-21(37)31-19(35(23(36)39)7-10-3-13(26)14(27)5-12(10)25)29-15-6-17-16(4-11(15)24)30-20(41-17)32-22(38)40-2/h3-6,9H,7-8H2,1-2H3,(H,29,31,37)(H,30,32,38). The Morgan fingerprint density at radius 2 is 1.80 bits per heavy atom. The molecule has 0 aliphatic rings. The quantitative estimate of drug-likeness (QED) is 0.266. The van der Waals surface area contributed by atoms with Crippen LogP contribution in [0.1, 0.15) is 11.4 Å². The van der Waals surface area contributed by atoms with E-state index in [4.69, 9.17) is 11.6 Å². The molecule has 0 fully saturated rings. The number of aryl methyl sites for hydroxylation is 1. The predicted molar refractivity (Wildman–Crippen MR) is 142 cm³/mol. The Bertz CT molecular complexity index is 1940. The minimum atomic E-state index is -1.41. The lowest BCUT2D eigenvalue weighted by Crippen LogP contribution is -2.43. The average Bonchev–Trinajstić information content (AvgIpc) is 3.51. The molecule has 5 aromatic rings. The Labute approximate surface area is 235 Å². The van der Waals surface area contributed by atoms with Gasteiger partial charge in [-0.2, -0.15) is 10.1 Å². The monoisotopic (exact) mass is 607 g/mol. The van der Waals surface area contributed by atoms with E-state index in [2.05, 4.69) is 35.4 Å². The first-order valence-corrected chi connectivity index (χ1v) is 12.6. The largest absolute Gasteiger partial charge is 0.453 e. The lowest BCUT2D eigenvalue weighted by molar-refractivity contribution is 0.187. The topological polar surface area (TPSA) is 151 Å². The number of carbonyl (C=O) groups excluding carboxylic acids is 1. The third-order valence-corrected chi connectivity index (χ3v) is 6.88. The summed E-state index contributed by atoms with van der Waals surface area (Å²) in [4.78, 5) is 50.1. The van der Waals surface area contributed by atoms with Crippen LogP contribution in [-0.2, 0) is 24.9 Å². The van der Waals surface area contributed by atoms with Crippen molar-refractivity contribution in [1.82, 2.24) is 33.9 Å². The number of halogens is 4. The first kappa shape index (κ1) is 27.8. The van der Waals surface area contributed by atoms with Crippen molar-refractivity contribution >= 4 is 56.0 Å². The van der Waals surface area contributed by atoms with Gasteiger partial charge in [-0.3, -0.25) is 14.6 Å². The zero-order valence-corrected chi connectivity index (χ0v) is 22.6. The van der Waals surface area contributed by atoms with Crippen molar-refractivity contribution in [2.75, 3.05) is 17.7 Å². The highest BCUT2D eigenvalue weighted by molar-refractivity contribution is 7.22. The number of nitrogens with zero attached hydrogens (tertiary/aromatic N) is 7. The van der Waals surface area contributed by atoms with Crippen molar-refractivity contribution in [3.63, 3.8) is 0 Å². The van der Waals surface area contributed by atoms with Crippen molar-refractivity contribution in [3.8, 4) is 0 Å². The van der Waals surface area contributed by atoms with Gasteiger partial charge >= 0.3 is 17.5 Å². The number of methoxy groups -OCH3 is 1. The van der Waals surface area contributed by atoms with Crippen molar-refractivity contribution in [2.24, 2.45) is 7.05 Å². The molecule has 3 aromatic heterocycles. The van der Waals surface area contributed by atoms with Crippen LogP contribution in [0.3, 0.4) is 0 Å². The summed E-state index contributed by atoms with van der Waals surface area (Å²) in [5.74, 6) is -4.12. The fourth-order valence-electron chi connectivity index (χ4n) is 3.71. The summed E-state index contributed by atoms with van der Waals surface area (Å²) in [6, 6.07) is 3.93. The van der Waals surface area contributed by atoms with Crippen LogP contribution in [0.15, 0.2) is 40.2 Å². The molecule has 0 aliphatic carbocycles. The molecule has 0 aliphatic heterocycles. The minimum Gasteiger partial charge on any atom is -0.453 e. The average molecular weight is 608 g/mol. The third kappa shape index (κ3) is 5.75. The Balaban J connectivity index is 1.60. The Morgan fingerprint density at radius 1 is 1.05 bits per heavy atom. The van der Waals surface area contributed by atoms with Gasteiger partial charge in [0.2, 0.25) is 5.95 Å². The first-order valence-electron chi connectivity index (χ1n) is 11.4. The minimum absolute atomic E-state index is 0.0917. The first-order chi connectivity index (χ1) is 19.5. The summed E-state index contributed by atoms with van der Waals surface area (Å²) >= 11 is 7.49. The highest BCUT2D eigenvalue weighted by Crippen LogP contribution is 2.34. The molecule has 2 N–H and O–H groups in total. The second kappa shape index (κ2) is 11.0. The summed E-state index contributed by atoms with van der Waals surface area (Å²) in [6.07, 6.45) is 0.635. The van der Waals surface area contributed by atoms with Gasteiger partial charge < -0.3 is 10.1 Å². The van der Waals surface area contributed by atoms with Gasteiger partial charge in [0.05, 0.1) is 41.1 Å². The van der Waals surface area contributed by atoms with E-state index in [9.17, 15) is 27.6 Å². The SMILES string of the molecule is COC(=O)Nc1nc2cc(Cl)c(Nc3nc(=O)n(Cc4ncn(C)n4)c(=O)n3Cc3cc(F)c(F)cc3F)cc2s1. The van der Waals surface area contributed by atoms with Crippen LogP contribution in [0.2, 0.25) is 5.02 Å². The van der Waals surface area contributed by atoms with Gasteiger partial charge in [0, 0.05) is 18.7 Å². The molecule has 2 aromatic carbocycles. The second-order valence-corrected chi connectivity index (χ2v) is 9.86. The van der Waals surface area contributed by atoms with Gasteiger partial charge in [0.25, 0.3) is 0 Å². The van der Waals surface area contributed by atoms with Crippen molar-refractivity contribution in [1.29, 1.82) is 0 Å². The molecule has 1 amide bonds. The molecule has 212 valence electrons. The van der Waals surface area contributed by atoms with E-state index in [1.54, 1.807) is 7.05 Å². The molecule has 3 heterocycles. The maximum absolute atomic E-state index is 14.6. The van der Waals surface area contributed by atoms with Crippen LogP contribution in [0.4, 0.5) is 34.7 Å². The number of anilines is 3. The van der Waals surface area contributed by atoms with E-state index in [0.29, 0.717) is 26.9 Å².